The van der Waals surface area contributed by atoms with E-state index in [1.165, 1.54) is 10.9 Å². The van der Waals surface area contributed by atoms with Crippen molar-refractivity contribution in [2.24, 2.45) is 0 Å². The molecule has 2 heterocycles. The van der Waals surface area contributed by atoms with Gasteiger partial charge in [0, 0.05) is 30.3 Å². The lowest BCUT2D eigenvalue weighted by Crippen LogP contribution is -2.23. The van der Waals surface area contributed by atoms with Crippen molar-refractivity contribution < 1.29 is 18.1 Å². The van der Waals surface area contributed by atoms with Gasteiger partial charge in [-0.1, -0.05) is 22.9 Å². The number of anilines is 1. The quantitative estimate of drug-likeness (QED) is 0.524. The van der Waals surface area contributed by atoms with Gasteiger partial charge in [-0.2, -0.15) is 0 Å². The molecule has 7 nitrogen and oxygen atoms in total. The van der Waals surface area contributed by atoms with Gasteiger partial charge >= 0.3 is 0 Å². The standard InChI is InChI=1S/C22H18F2N4O3/c1-12-3-4-17(13(2)7-12)26-18(29)5-6-28-11-25-21-19(22(28)30)20(27-31-21)14-8-15(23)10-16(24)9-14/h3-4,7-11H,5-6H2,1-2H3,(H,26,29). The molecular weight excluding hydrogens is 406 g/mol. The molecule has 0 aliphatic carbocycles. The van der Waals surface area contributed by atoms with Crippen LogP contribution < -0.4 is 10.9 Å². The van der Waals surface area contributed by atoms with Crippen molar-refractivity contribution in [2.75, 3.05) is 5.32 Å². The summed E-state index contributed by atoms with van der Waals surface area (Å²) in [7, 11) is 0. The zero-order chi connectivity index (χ0) is 22.1. The molecule has 1 N–H and O–H groups in total. The predicted molar refractivity (Wildman–Crippen MR) is 111 cm³/mol. The van der Waals surface area contributed by atoms with Gasteiger partial charge in [-0.25, -0.2) is 13.8 Å². The first kappa shape index (κ1) is 20.4. The summed E-state index contributed by atoms with van der Waals surface area (Å²) < 4.78 is 33.5. The van der Waals surface area contributed by atoms with Crippen LogP contribution in [-0.2, 0) is 11.3 Å². The van der Waals surface area contributed by atoms with Crippen molar-refractivity contribution in [2.45, 2.75) is 26.8 Å². The minimum atomic E-state index is -0.807. The summed E-state index contributed by atoms with van der Waals surface area (Å²) in [6.45, 7) is 3.92. The second-order valence-electron chi connectivity index (χ2n) is 7.23. The van der Waals surface area contributed by atoms with E-state index in [4.69, 9.17) is 4.52 Å². The molecule has 0 saturated heterocycles. The molecule has 0 radical (unpaired) electrons. The maximum atomic E-state index is 13.6. The van der Waals surface area contributed by atoms with Gasteiger partial charge in [0.1, 0.15) is 29.0 Å². The highest BCUT2D eigenvalue weighted by molar-refractivity contribution is 5.91. The molecular formula is C22H18F2N4O3. The molecule has 0 aliphatic rings. The minimum Gasteiger partial charge on any atom is -0.335 e. The fourth-order valence-electron chi connectivity index (χ4n) is 3.32. The normalized spacial score (nSPS) is 11.1. The van der Waals surface area contributed by atoms with E-state index in [0.717, 1.165) is 29.3 Å². The van der Waals surface area contributed by atoms with Crippen LogP contribution in [0.1, 0.15) is 17.5 Å². The average Bonchev–Trinajstić information content (AvgIpc) is 3.14. The number of nitrogens with zero attached hydrogens (tertiary/aromatic N) is 3. The Hall–Kier alpha value is -3.88. The summed E-state index contributed by atoms with van der Waals surface area (Å²) in [5.41, 5.74) is 2.19. The number of halogens is 2. The largest absolute Gasteiger partial charge is 0.335 e. The number of aromatic nitrogens is 3. The van der Waals surface area contributed by atoms with Crippen molar-refractivity contribution >= 4 is 22.7 Å². The Bertz CT molecular complexity index is 1340. The molecule has 4 rings (SSSR count). The summed E-state index contributed by atoms with van der Waals surface area (Å²) in [6, 6.07) is 8.50. The second-order valence-corrected chi connectivity index (χ2v) is 7.23. The molecule has 9 heteroatoms. The van der Waals surface area contributed by atoms with Crippen molar-refractivity contribution in [1.29, 1.82) is 0 Å². The van der Waals surface area contributed by atoms with Gasteiger partial charge < -0.3 is 9.84 Å². The molecule has 0 saturated carbocycles. The SMILES string of the molecule is Cc1ccc(NC(=O)CCn2cnc3onc(-c4cc(F)cc(F)c4)c3c2=O)c(C)c1. The number of benzene rings is 2. The van der Waals surface area contributed by atoms with Gasteiger partial charge in [0.15, 0.2) is 0 Å². The zero-order valence-corrected chi connectivity index (χ0v) is 16.8. The van der Waals surface area contributed by atoms with Crippen LogP contribution in [0, 0.1) is 25.5 Å². The van der Waals surface area contributed by atoms with Crippen LogP contribution in [-0.4, -0.2) is 20.6 Å². The highest BCUT2D eigenvalue weighted by atomic mass is 19.1. The minimum absolute atomic E-state index is 0.0118. The summed E-state index contributed by atoms with van der Waals surface area (Å²) in [5, 5.41) is 6.56. The molecule has 0 bridgehead atoms. The lowest BCUT2D eigenvalue weighted by molar-refractivity contribution is -0.116. The van der Waals surface area contributed by atoms with Gasteiger partial charge in [-0.3, -0.25) is 14.2 Å². The smallest absolute Gasteiger partial charge is 0.266 e. The fourth-order valence-corrected chi connectivity index (χ4v) is 3.32. The lowest BCUT2D eigenvalue weighted by atomic mass is 10.1. The van der Waals surface area contributed by atoms with E-state index in [-0.39, 0.29) is 41.2 Å². The van der Waals surface area contributed by atoms with E-state index in [2.05, 4.69) is 15.5 Å². The molecule has 0 spiro atoms. The molecule has 4 aromatic rings. The number of fused-ring (bicyclic) bond motifs is 1. The fraction of sp³-hybridized carbons (Fsp3) is 0.182. The molecule has 31 heavy (non-hydrogen) atoms. The number of carbonyl (C=O) groups is 1. The third-order valence-electron chi connectivity index (χ3n) is 4.83. The maximum Gasteiger partial charge on any atom is 0.266 e. The van der Waals surface area contributed by atoms with E-state index in [1.807, 2.05) is 32.0 Å². The van der Waals surface area contributed by atoms with Crippen molar-refractivity contribution in [3.05, 3.63) is 75.8 Å². The van der Waals surface area contributed by atoms with Gasteiger partial charge in [-0.05, 0) is 37.6 Å². The summed E-state index contributed by atoms with van der Waals surface area (Å²) in [6.07, 6.45) is 1.27. The Kier molecular flexibility index (Phi) is 5.33. The maximum absolute atomic E-state index is 13.6. The van der Waals surface area contributed by atoms with Crippen molar-refractivity contribution in [3.63, 3.8) is 0 Å². The Morgan fingerprint density at radius 2 is 1.87 bits per heavy atom. The first-order valence-corrected chi connectivity index (χ1v) is 9.50. The Labute approximate surface area is 175 Å². The van der Waals surface area contributed by atoms with Crippen LogP contribution in [0.3, 0.4) is 0 Å². The van der Waals surface area contributed by atoms with Gasteiger partial charge in [-0.15, -0.1) is 0 Å². The predicted octanol–water partition coefficient (Wildman–Crippen LogP) is 3.98. The number of aryl methyl sites for hydroxylation is 3. The molecule has 2 aromatic heterocycles. The van der Waals surface area contributed by atoms with Gasteiger partial charge in [0.25, 0.3) is 11.3 Å². The van der Waals surface area contributed by atoms with E-state index >= 15 is 0 Å². The Morgan fingerprint density at radius 3 is 2.58 bits per heavy atom. The van der Waals surface area contributed by atoms with E-state index in [9.17, 15) is 18.4 Å². The van der Waals surface area contributed by atoms with Gasteiger partial charge in [0.2, 0.25) is 5.91 Å². The summed E-state index contributed by atoms with van der Waals surface area (Å²) in [5.74, 6) is -1.88. The number of hydrogen-bond donors (Lipinski definition) is 1. The van der Waals surface area contributed by atoms with Crippen LogP contribution in [0.5, 0.6) is 0 Å². The monoisotopic (exact) mass is 424 g/mol. The molecule has 2 aromatic carbocycles. The van der Waals surface area contributed by atoms with Crippen LogP contribution in [0.2, 0.25) is 0 Å². The number of carbonyl (C=O) groups excluding carboxylic acids is 1. The zero-order valence-electron chi connectivity index (χ0n) is 16.8. The van der Waals surface area contributed by atoms with Crippen LogP contribution >= 0.6 is 0 Å². The number of hydrogen-bond acceptors (Lipinski definition) is 5. The van der Waals surface area contributed by atoms with E-state index < -0.39 is 17.2 Å². The third kappa shape index (κ3) is 4.20. The Balaban J connectivity index is 1.58. The van der Waals surface area contributed by atoms with Crippen molar-refractivity contribution in [1.82, 2.24) is 14.7 Å². The third-order valence-corrected chi connectivity index (χ3v) is 4.83. The topological polar surface area (TPSA) is 90.0 Å². The summed E-state index contributed by atoms with van der Waals surface area (Å²) in [4.78, 5) is 29.3. The van der Waals surface area contributed by atoms with E-state index in [1.54, 1.807) is 0 Å². The van der Waals surface area contributed by atoms with Gasteiger partial charge in [0.05, 0.1) is 0 Å². The van der Waals surface area contributed by atoms with Crippen molar-refractivity contribution in [3.8, 4) is 11.3 Å². The molecule has 0 atom stereocenters. The van der Waals surface area contributed by atoms with Crippen LogP contribution in [0.25, 0.3) is 22.4 Å². The molecule has 1 amide bonds. The van der Waals surface area contributed by atoms with Crippen LogP contribution in [0.15, 0.2) is 52.0 Å². The number of amides is 1. The highest BCUT2D eigenvalue weighted by Crippen LogP contribution is 2.26. The lowest BCUT2D eigenvalue weighted by Gasteiger charge is -2.10. The first-order chi connectivity index (χ1) is 14.8. The Morgan fingerprint density at radius 1 is 1.13 bits per heavy atom. The molecule has 0 aliphatic heterocycles. The molecule has 158 valence electrons. The average molecular weight is 424 g/mol. The number of rotatable bonds is 5. The van der Waals surface area contributed by atoms with Crippen LogP contribution in [0.4, 0.5) is 14.5 Å². The highest BCUT2D eigenvalue weighted by Gasteiger charge is 2.18. The number of nitrogens with one attached hydrogen (secondary N) is 1. The molecule has 0 unspecified atom stereocenters. The molecule has 0 fully saturated rings. The summed E-state index contributed by atoms with van der Waals surface area (Å²) >= 11 is 0. The second kappa shape index (κ2) is 8.10. The van der Waals surface area contributed by atoms with E-state index in [0.29, 0.717) is 5.69 Å². The first-order valence-electron chi connectivity index (χ1n) is 9.50.